The molecule has 1 N–H and O–H groups in total. The molecule has 5 nitrogen and oxygen atoms in total. The summed E-state index contributed by atoms with van der Waals surface area (Å²) in [5.74, 6) is 0.240. The van der Waals surface area contributed by atoms with Crippen molar-refractivity contribution in [1.82, 2.24) is 10.2 Å². The largest absolute Gasteiger partial charge is 0.484 e. The van der Waals surface area contributed by atoms with Gasteiger partial charge in [0.1, 0.15) is 11.8 Å². The van der Waals surface area contributed by atoms with Gasteiger partial charge in [-0.3, -0.25) is 9.59 Å². The van der Waals surface area contributed by atoms with Gasteiger partial charge in [0.2, 0.25) is 5.91 Å². The average Bonchev–Trinajstić information content (AvgIpc) is 2.84. The zero-order valence-corrected chi connectivity index (χ0v) is 23.0. The van der Waals surface area contributed by atoms with Crippen LogP contribution in [0.1, 0.15) is 42.5 Å². The molecule has 0 fully saturated rings. The van der Waals surface area contributed by atoms with E-state index >= 15 is 0 Å². The van der Waals surface area contributed by atoms with E-state index in [0.29, 0.717) is 18.7 Å². The van der Waals surface area contributed by atoms with E-state index in [1.165, 1.54) is 0 Å². The highest BCUT2D eigenvalue weighted by Gasteiger charge is 2.31. The molecule has 2 amide bonds. The van der Waals surface area contributed by atoms with Crippen molar-refractivity contribution in [2.24, 2.45) is 0 Å². The predicted molar refractivity (Wildman–Crippen MR) is 148 cm³/mol. The number of carbonyl (C=O) groups excluding carboxylic acids is 2. The number of ether oxygens (including phenoxy) is 1. The van der Waals surface area contributed by atoms with E-state index < -0.39 is 6.04 Å². The lowest BCUT2D eigenvalue weighted by Crippen LogP contribution is -2.53. The molecule has 0 bridgehead atoms. The molecule has 2 atom stereocenters. The molecule has 3 aromatic carbocycles. The van der Waals surface area contributed by atoms with E-state index in [0.717, 1.165) is 33.1 Å². The molecule has 0 saturated heterocycles. The quantitative estimate of drug-likeness (QED) is 0.318. The van der Waals surface area contributed by atoms with Gasteiger partial charge in [0.25, 0.3) is 5.91 Å². The maximum absolute atomic E-state index is 13.7. The lowest BCUT2D eigenvalue weighted by Gasteiger charge is -2.32. The zero-order valence-electron chi connectivity index (χ0n) is 21.5. The molecular formula is C30H35BrN2O3. The van der Waals surface area contributed by atoms with Gasteiger partial charge in [-0.05, 0) is 73.7 Å². The van der Waals surface area contributed by atoms with E-state index in [1.54, 1.807) is 4.90 Å². The Hall–Kier alpha value is -3.12. The van der Waals surface area contributed by atoms with Crippen molar-refractivity contribution in [3.63, 3.8) is 0 Å². The van der Waals surface area contributed by atoms with Crippen LogP contribution in [0.15, 0.2) is 77.3 Å². The number of rotatable bonds is 11. The number of amides is 2. The van der Waals surface area contributed by atoms with Crippen LogP contribution in [-0.4, -0.2) is 35.4 Å². The minimum atomic E-state index is -0.685. The van der Waals surface area contributed by atoms with Gasteiger partial charge in [-0.15, -0.1) is 0 Å². The fourth-order valence-corrected chi connectivity index (χ4v) is 4.52. The molecule has 0 heterocycles. The molecule has 0 aliphatic rings. The molecular weight excluding hydrogens is 516 g/mol. The minimum Gasteiger partial charge on any atom is -0.484 e. The molecule has 0 radical (unpaired) electrons. The standard InChI is InChI=1S/C30H35BrN2O3/c1-5-23(4)32-30(35)28(18-24-10-7-6-8-11-24)33(19-25-12-9-13-26(31)17-25)29(34)20-36-27-15-21(2)14-22(3)16-27/h6-17,23,28H,5,18-20H2,1-4H3,(H,32,35)/t23-,28-/m0/s1. The fourth-order valence-electron chi connectivity index (χ4n) is 4.07. The second-order valence-corrected chi connectivity index (χ2v) is 10.2. The Morgan fingerprint density at radius 1 is 0.944 bits per heavy atom. The number of nitrogens with one attached hydrogen (secondary N) is 1. The average molecular weight is 552 g/mol. The summed E-state index contributed by atoms with van der Waals surface area (Å²) < 4.78 is 6.84. The van der Waals surface area contributed by atoms with Crippen molar-refractivity contribution >= 4 is 27.7 Å². The Labute approximate surface area is 223 Å². The van der Waals surface area contributed by atoms with Crippen molar-refractivity contribution in [2.75, 3.05) is 6.61 Å². The summed E-state index contributed by atoms with van der Waals surface area (Å²) >= 11 is 3.52. The minimum absolute atomic E-state index is 0.00474. The summed E-state index contributed by atoms with van der Waals surface area (Å²) in [6.07, 6.45) is 1.21. The summed E-state index contributed by atoms with van der Waals surface area (Å²) in [5.41, 5.74) is 4.05. The van der Waals surface area contributed by atoms with Crippen LogP contribution in [0, 0.1) is 13.8 Å². The number of benzene rings is 3. The van der Waals surface area contributed by atoms with E-state index in [9.17, 15) is 9.59 Å². The highest BCUT2D eigenvalue weighted by Crippen LogP contribution is 2.20. The van der Waals surface area contributed by atoms with Gasteiger partial charge in [0.05, 0.1) is 0 Å². The van der Waals surface area contributed by atoms with Gasteiger partial charge in [0.15, 0.2) is 6.61 Å². The van der Waals surface area contributed by atoms with E-state index in [-0.39, 0.29) is 24.5 Å². The fraction of sp³-hybridized carbons (Fsp3) is 0.333. The van der Waals surface area contributed by atoms with Crippen molar-refractivity contribution in [1.29, 1.82) is 0 Å². The first kappa shape index (κ1) is 27.5. The van der Waals surface area contributed by atoms with Gasteiger partial charge in [-0.2, -0.15) is 0 Å². The summed E-state index contributed by atoms with van der Waals surface area (Å²) in [7, 11) is 0. The summed E-state index contributed by atoms with van der Waals surface area (Å²) in [6, 6.07) is 22.8. The van der Waals surface area contributed by atoms with Gasteiger partial charge < -0.3 is 15.0 Å². The van der Waals surface area contributed by atoms with Crippen LogP contribution in [0.3, 0.4) is 0 Å². The topological polar surface area (TPSA) is 58.6 Å². The van der Waals surface area contributed by atoms with Crippen LogP contribution in [-0.2, 0) is 22.6 Å². The van der Waals surface area contributed by atoms with Gasteiger partial charge in [-0.25, -0.2) is 0 Å². The van der Waals surface area contributed by atoms with Gasteiger partial charge in [0, 0.05) is 23.5 Å². The van der Waals surface area contributed by atoms with Gasteiger partial charge in [-0.1, -0.05) is 71.4 Å². The summed E-state index contributed by atoms with van der Waals surface area (Å²) in [6.45, 7) is 8.13. The number of carbonyl (C=O) groups is 2. The lowest BCUT2D eigenvalue weighted by atomic mass is 10.0. The van der Waals surface area contributed by atoms with Crippen molar-refractivity contribution in [3.05, 3.63) is 99.5 Å². The normalized spacial score (nSPS) is 12.5. The lowest BCUT2D eigenvalue weighted by molar-refractivity contribution is -0.143. The van der Waals surface area contributed by atoms with E-state index in [1.807, 2.05) is 94.4 Å². The molecule has 36 heavy (non-hydrogen) atoms. The number of nitrogens with zero attached hydrogens (tertiary/aromatic N) is 1. The van der Waals surface area contributed by atoms with Gasteiger partial charge >= 0.3 is 0 Å². The van der Waals surface area contributed by atoms with Crippen molar-refractivity contribution in [3.8, 4) is 5.75 Å². The second kappa shape index (κ2) is 13.3. The number of hydrogen-bond acceptors (Lipinski definition) is 3. The molecule has 0 unspecified atom stereocenters. The number of hydrogen-bond donors (Lipinski definition) is 1. The maximum Gasteiger partial charge on any atom is 0.261 e. The first-order valence-corrected chi connectivity index (χ1v) is 13.1. The molecule has 0 spiro atoms. The number of halogens is 1. The van der Waals surface area contributed by atoms with Crippen molar-refractivity contribution < 1.29 is 14.3 Å². The Bertz CT molecular complexity index is 1150. The summed E-state index contributed by atoms with van der Waals surface area (Å²) in [4.78, 5) is 28.9. The highest BCUT2D eigenvalue weighted by molar-refractivity contribution is 9.10. The molecule has 3 rings (SSSR count). The van der Waals surface area contributed by atoms with E-state index in [2.05, 4.69) is 27.3 Å². The summed E-state index contributed by atoms with van der Waals surface area (Å²) in [5, 5.41) is 3.09. The third kappa shape index (κ3) is 8.23. The molecule has 0 aliphatic carbocycles. The molecule has 6 heteroatoms. The Morgan fingerprint density at radius 2 is 1.61 bits per heavy atom. The van der Waals surface area contributed by atoms with Crippen LogP contribution in [0.25, 0.3) is 0 Å². The molecule has 0 aromatic heterocycles. The third-order valence-electron chi connectivity index (χ3n) is 6.07. The van der Waals surface area contributed by atoms with Crippen LogP contribution in [0.4, 0.5) is 0 Å². The van der Waals surface area contributed by atoms with Crippen LogP contribution in [0.2, 0.25) is 0 Å². The smallest absolute Gasteiger partial charge is 0.261 e. The Balaban J connectivity index is 1.92. The van der Waals surface area contributed by atoms with E-state index in [4.69, 9.17) is 4.74 Å². The molecule has 3 aromatic rings. The molecule has 0 aliphatic heterocycles. The second-order valence-electron chi connectivity index (χ2n) is 9.29. The Kier molecular flexibility index (Phi) is 10.1. The van der Waals surface area contributed by atoms with Crippen LogP contribution >= 0.6 is 15.9 Å². The molecule has 0 saturated carbocycles. The first-order chi connectivity index (χ1) is 17.2. The number of aryl methyl sites for hydroxylation is 2. The highest BCUT2D eigenvalue weighted by atomic mass is 79.9. The van der Waals surface area contributed by atoms with Crippen LogP contribution in [0.5, 0.6) is 5.75 Å². The van der Waals surface area contributed by atoms with Crippen molar-refractivity contribution in [2.45, 2.75) is 59.2 Å². The maximum atomic E-state index is 13.7. The third-order valence-corrected chi connectivity index (χ3v) is 6.56. The van der Waals surface area contributed by atoms with Crippen LogP contribution < -0.4 is 10.1 Å². The Morgan fingerprint density at radius 3 is 2.25 bits per heavy atom. The monoisotopic (exact) mass is 550 g/mol. The molecule has 190 valence electrons. The SMILES string of the molecule is CC[C@H](C)NC(=O)[C@H](Cc1ccccc1)N(Cc1cccc(Br)c1)C(=O)COc1cc(C)cc(C)c1. The zero-order chi connectivity index (χ0) is 26.1. The first-order valence-electron chi connectivity index (χ1n) is 12.3. The predicted octanol–water partition coefficient (Wildman–Crippen LogP) is 6.00.